The van der Waals surface area contributed by atoms with E-state index >= 15 is 0 Å². The minimum absolute atomic E-state index is 0. The van der Waals surface area contributed by atoms with Crippen molar-refractivity contribution in [3.05, 3.63) is 22.8 Å². The van der Waals surface area contributed by atoms with Gasteiger partial charge in [-0.3, -0.25) is 6.08 Å². The average Bonchev–Trinajstić information content (AvgIpc) is 2.83. The number of likely N-dealkylation sites (tertiary alicyclic amines) is 1. The molecule has 2 atom stereocenters. The second-order valence-corrected chi connectivity index (χ2v) is 5.62. The van der Waals surface area contributed by atoms with Gasteiger partial charge in [0.1, 0.15) is 0 Å². The fourth-order valence-electron chi connectivity index (χ4n) is 3.16. The Labute approximate surface area is 121 Å². The monoisotopic (exact) mass is 266 g/mol. The van der Waals surface area contributed by atoms with Crippen LogP contribution in [0.15, 0.2) is 16.7 Å². The Morgan fingerprint density at radius 1 is 1.18 bits per heavy atom. The second kappa shape index (κ2) is 5.42. The standard InChI is InChI=1S/C15H24N.Ti/c1-11-10-15(5,13(3)12(11)2)14(4)16-8-6-7-9-16;/h14H,6-9H2,1-5H3;/q-1;. The smallest absolute Gasteiger partial charge is 0.00170 e. The molecular formula is C15H24NTi-. The van der Waals surface area contributed by atoms with Gasteiger partial charge in [-0.15, -0.1) is 6.92 Å². The van der Waals surface area contributed by atoms with Gasteiger partial charge in [0, 0.05) is 27.8 Å². The molecule has 1 saturated heterocycles. The summed E-state index contributed by atoms with van der Waals surface area (Å²) in [6, 6.07) is 0.586. The van der Waals surface area contributed by atoms with E-state index in [0.717, 1.165) is 0 Å². The third-order valence-electron chi connectivity index (χ3n) is 4.88. The van der Waals surface area contributed by atoms with E-state index in [1.165, 1.54) is 42.7 Å². The van der Waals surface area contributed by atoms with Crippen LogP contribution in [-0.2, 0) is 21.7 Å². The molecule has 0 radical (unpaired) electrons. The third kappa shape index (κ3) is 2.48. The van der Waals surface area contributed by atoms with Crippen LogP contribution in [-0.4, -0.2) is 24.0 Å². The summed E-state index contributed by atoms with van der Waals surface area (Å²) in [6.07, 6.45) is 6.44. The summed E-state index contributed by atoms with van der Waals surface area (Å²) in [6.45, 7) is 14.0. The van der Waals surface area contributed by atoms with E-state index in [-0.39, 0.29) is 27.1 Å². The van der Waals surface area contributed by atoms with Crippen molar-refractivity contribution in [2.75, 3.05) is 13.1 Å². The molecule has 1 aliphatic heterocycles. The Morgan fingerprint density at radius 3 is 2.12 bits per heavy atom. The van der Waals surface area contributed by atoms with E-state index in [4.69, 9.17) is 0 Å². The molecule has 0 bridgehead atoms. The largest absolute Gasteiger partial charge is 0.301 e. The molecular weight excluding hydrogens is 242 g/mol. The maximum atomic E-state index is 3.71. The van der Waals surface area contributed by atoms with Crippen LogP contribution in [0.3, 0.4) is 0 Å². The maximum Gasteiger partial charge on any atom is 0.00170 e. The number of hydrogen-bond donors (Lipinski definition) is 0. The summed E-state index contributed by atoms with van der Waals surface area (Å²) in [5, 5.41) is 0. The van der Waals surface area contributed by atoms with Gasteiger partial charge in [-0.2, -0.15) is 11.1 Å². The molecule has 2 heteroatoms. The van der Waals surface area contributed by atoms with Crippen LogP contribution in [0.5, 0.6) is 0 Å². The maximum absolute atomic E-state index is 3.71. The quantitative estimate of drug-likeness (QED) is 0.545. The van der Waals surface area contributed by atoms with Crippen molar-refractivity contribution < 1.29 is 21.7 Å². The molecule has 0 aromatic rings. The normalized spacial score (nSPS) is 31.5. The van der Waals surface area contributed by atoms with E-state index in [1.54, 1.807) is 0 Å². The molecule has 1 nitrogen and oxygen atoms in total. The summed E-state index contributed by atoms with van der Waals surface area (Å²) in [5.74, 6) is 0. The van der Waals surface area contributed by atoms with E-state index in [9.17, 15) is 0 Å². The molecule has 2 unspecified atom stereocenters. The Morgan fingerprint density at radius 2 is 1.71 bits per heavy atom. The van der Waals surface area contributed by atoms with Crippen LogP contribution < -0.4 is 0 Å². The van der Waals surface area contributed by atoms with Gasteiger partial charge < -0.3 is 4.90 Å². The first-order valence-electron chi connectivity index (χ1n) is 6.51. The molecule has 0 saturated carbocycles. The zero-order valence-electron chi connectivity index (χ0n) is 11.9. The number of nitrogens with zero attached hydrogens (tertiary/aromatic N) is 1. The Kier molecular flexibility index (Phi) is 4.85. The SMILES string of the molecule is CC1=[C-]C(C)(C(C)N2CCCC2)C(C)=C1C.[Ti]. The van der Waals surface area contributed by atoms with Crippen molar-refractivity contribution in [1.29, 1.82) is 0 Å². The van der Waals surface area contributed by atoms with Crippen LogP contribution in [0.2, 0.25) is 0 Å². The van der Waals surface area contributed by atoms with Crippen molar-refractivity contribution in [3.8, 4) is 0 Å². The van der Waals surface area contributed by atoms with Crippen molar-refractivity contribution in [3.63, 3.8) is 0 Å². The zero-order chi connectivity index (χ0) is 11.9. The first-order valence-corrected chi connectivity index (χ1v) is 6.51. The zero-order valence-corrected chi connectivity index (χ0v) is 13.4. The minimum Gasteiger partial charge on any atom is -0.301 e. The molecule has 0 amide bonds. The van der Waals surface area contributed by atoms with Gasteiger partial charge in [0.15, 0.2) is 0 Å². The molecule has 1 heterocycles. The van der Waals surface area contributed by atoms with Gasteiger partial charge in [-0.25, -0.2) is 5.57 Å². The third-order valence-corrected chi connectivity index (χ3v) is 4.88. The molecule has 94 valence electrons. The van der Waals surface area contributed by atoms with Crippen LogP contribution >= 0.6 is 0 Å². The Bertz CT molecular complexity index is 350. The second-order valence-electron chi connectivity index (χ2n) is 5.62. The van der Waals surface area contributed by atoms with Gasteiger partial charge in [-0.1, -0.05) is 26.2 Å². The summed E-state index contributed by atoms with van der Waals surface area (Å²) < 4.78 is 0. The molecule has 1 fully saturated rings. The van der Waals surface area contributed by atoms with Crippen molar-refractivity contribution in [1.82, 2.24) is 4.90 Å². The summed E-state index contributed by atoms with van der Waals surface area (Å²) >= 11 is 0. The summed E-state index contributed by atoms with van der Waals surface area (Å²) in [4.78, 5) is 2.63. The van der Waals surface area contributed by atoms with E-state index in [0.29, 0.717) is 6.04 Å². The van der Waals surface area contributed by atoms with Gasteiger partial charge in [-0.05, 0) is 32.9 Å². The topological polar surface area (TPSA) is 3.24 Å². The van der Waals surface area contributed by atoms with Crippen LogP contribution in [0, 0.1) is 11.5 Å². The van der Waals surface area contributed by atoms with Gasteiger partial charge in [0.2, 0.25) is 0 Å². The van der Waals surface area contributed by atoms with E-state index in [2.05, 4.69) is 45.6 Å². The molecule has 0 aromatic heterocycles. The van der Waals surface area contributed by atoms with Gasteiger partial charge >= 0.3 is 0 Å². The van der Waals surface area contributed by atoms with Crippen molar-refractivity contribution >= 4 is 0 Å². The van der Waals surface area contributed by atoms with E-state index < -0.39 is 0 Å². The predicted octanol–water partition coefficient (Wildman–Crippen LogP) is 3.57. The minimum atomic E-state index is 0. The van der Waals surface area contributed by atoms with E-state index in [1.807, 2.05) is 0 Å². The molecule has 1 aliphatic carbocycles. The predicted molar refractivity (Wildman–Crippen MR) is 69.2 cm³/mol. The van der Waals surface area contributed by atoms with Crippen LogP contribution in [0.1, 0.15) is 47.5 Å². The van der Waals surface area contributed by atoms with Crippen LogP contribution in [0.4, 0.5) is 0 Å². The molecule has 0 spiro atoms. The molecule has 2 aliphatic rings. The molecule has 17 heavy (non-hydrogen) atoms. The average molecular weight is 266 g/mol. The van der Waals surface area contributed by atoms with Gasteiger partial charge in [0.25, 0.3) is 0 Å². The first-order chi connectivity index (χ1) is 7.47. The Balaban J connectivity index is 0.00000144. The van der Waals surface area contributed by atoms with Crippen molar-refractivity contribution in [2.24, 2.45) is 5.41 Å². The first kappa shape index (κ1) is 15.2. The fraction of sp³-hybridized carbons (Fsp3) is 0.733. The summed E-state index contributed by atoms with van der Waals surface area (Å²) in [5.41, 5.74) is 4.46. The summed E-state index contributed by atoms with van der Waals surface area (Å²) in [7, 11) is 0. The number of allylic oxidation sites excluding steroid dienone is 2. The molecule has 0 N–H and O–H groups in total. The number of rotatable bonds is 2. The van der Waals surface area contributed by atoms with Crippen molar-refractivity contribution in [2.45, 2.75) is 53.5 Å². The Hall–Kier alpha value is 0.154. The number of hydrogen-bond acceptors (Lipinski definition) is 1. The fourth-order valence-corrected chi connectivity index (χ4v) is 3.16. The van der Waals surface area contributed by atoms with Gasteiger partial charge in [0.05, 0.1) is 0 Å². The van der Waals surface area contributed by atoms with Crippen LogP contribution in [0.25, 0.3) is 0 Å². The molecule has 2 rings (SSSR count). The molecule has 0 aromatic carbocycles.